The number of hydrogen-bond donors (Lipinski definition) is 0. The van der Waals surface area contributed by atoms with Crippen LogP contribution in [-0.4, -0.2) is 56.6 Å². The summed E-state index contributed by atoms with van der Waals surface area (Å²) in [5.74, 6) is -1.26. The molecule has 1 atom stereocenters. The molecule has 13 nitrogen and oxygen atoms in total. The molecule has 4 aromatic carbocycles. The molecule has 15 heteroatoms. The van der Waals surface area contributed by atoms with Crippen LogP contribution in [0, 0.1) is 0 Å². The molecule has 49 heavy (non-hydrogen) atoms. The third-order valence-electron chi connectivity index (χ3n) is 6.33. The first-order chi connectivity index (χ1) is 23.3. The van der Waals surface area contributed by atoms with E-state index in [0.29, 0.717) is 22.9 Å². The minimum absolute atomic E-state index is 0. The summed E-state index contributed by atoms with van der Waals surface area (Å²) in [5.41, 5.74) is 2.72. The van der Waals surface area contributed by atoms with Crippen LogP contribution in [0.5, 0.6) is 11.5 Å². The van der Waals surface area contributed by atoms with Gasteiger partial charge in [-0.25, -0.2) is 8.42 Å². The van der Waals surface area contributed by atoms with E-state index in [-0.39, 0.29) is 68.8 Å². The number of nitrogens with zero attached hydrogens (tertiary/aromatic N) is 4. The van der Waals surface area contributed by atoms with Gasteiger partial charge in [-0.2, -0.15) is 20.5 Å². The summed E-state index contributed by atoms with van der Waals surface area (Å²) in [6.07, 6.45) is -0.478. The first-order valence-corrected chi connectivity index (χ1v) is 16.4. The number of esters is 2. The zero-order valence-electron chi connectivity index (χ0n) is 26.8. The molecule has 0 heterocycles. The van der Waals surface area contributed by atoms with Crippen LogP contribution in [0.3, 0.4) is 0 Å². The molecule has 0 aliphatic carbocycles. The van der Waals surface area contributed by atoms with E-state index >= 15 is 0 Å². The summed E-state index contributed by atoms with van der Waals surface area (Å²) in [7, 11) is -5.18. The van der Waals surface area contributed by atoms with E-state index in [1.54, 1.807) is 48.5 Å². The average Bonchev–Trinajstić information content (AvgIpc) is 3.10. The fourth-order valence-corrected chi connectivity index (χ4v) is 4.55. The van der Waals surface area contributed by atoms with Gasteiger partial charge in [-0.15, -0.1) is 0 Å². The van der Waals surface area contributed by atoms with Crippen molar-refractivity contribution in [3.8, 4) is 11.5 Å². The van der Waals surface area contributed by atoms with Crippen LogP contribution < -0.4 is 39.0 Å². The molecule has 250 valence electrons. The molecule has 0 fully saturated rings. The van der Waals surface area contributed by atoms with E-state index in [1.807, 2.05) is 60.7 Å². The van der Waals surface area contributed by atoms with Crippen LogP contribution in [0.15, 0.2) is 130 Å². The molecule has 0 bridgehead atoms. The van der Waals surface area contributed by atoms with Gasteiger partial charge in [0.2, 0.25) is 0 Å². The van der Waals surface area contributed by atoms with Crippen molar-refractivity contribution in [2.24, 2.45) is 20.5 Å². The number of carbonyl (C=O) groups excluding carboxylic acids is 2. The molecule has 4 rings (SSSR count). The topological polar surface area (TPSA) is 178 Å². The average molecular weight is 697 g/mol. The summed E-state index contributed by atoms with van der Waals surface area (Å²) in [6.45, 7) is -0.00964. The number of carbonyl (C=O) groups is 2. The Bertz CT molecular complexity index is 1760. The fraction of sp³-hybridized carbons (Fsp3) is 0.235. The molecule has 0 aromatic heterocycles. The van der Waals surface area contributed by atoms with Gasteiger partial charge in [0.1, 0.15) is 21.6 Å². The van der Waals surface area contributed by atoms with Gasteiger partial charge in [0.25, 0.3) is 0 Å². The quantitative estimate of drug-likeness (QED) is 0.0486. The van der Waals surface area contributed by atoms with Crippen LogP contribution in [-0.2, 0) is 29.2 Å². The van der Waals surface area contributed by atoms with E-state index in [0.717, 1.165) is 11.4 Å². The van der Waals surface area contributed by atoms with Gasteiger partial charge < -0.3 is 23.5 Å². The second-order valence-electron chi connectivity index (χ2n) is 10.0. The van der Waals surface area contributed by atoms with Crippen molar-refractivity contribution < 1.29 is 71.1 Å². The second kappa shape index (κ2) is 20.8. The minimum atomic E-state index is -5.18. The largest absolute Gasteiger partial charge is 1.00 e. The molecule has 0 N–H and O–H groups in total. The van der Waals surface area contributed by atoms with E-state index in [2.05, 4.69) is 20.5 Å². The van der Waals surface area contributed by atoms with Crippen molar-refractivity contribution in [3.05, 3.63) is 109 Å². The predicted octanol–water partition coefficient (Wildman–Crippen LogP) is 4.15. The van der Waals surface area contributed by atoms with Crippen LogP contribution in [0.2, 0.25) is 0 Å². The standard InChI is InChI=1S/C34H34N4O9S.Na/c39-33(46-23-7-21-44-30-17-13-28(14-18-30)37-35-26-9-3-1-4-10-26)25-32(48(41,42)43)34(40)47-24-8-22-45-31-19-15-29(16-20-31)38-36-27-11-5-2-6-12-27;/h1-6,9-20,32H,7-8,21-25H2,(H,41,42,43);/q;+1/p-1. The molecule has 0 radical (unpaired) electrons. The number of benzene rings is 4. The summed E-state index contributed by atoms with van der Waals surface area (Å²) in [4.78, 5) is 24.5. The fourth-order valence-electron chi connectivity index (χ4n) is 3.90. The molecule has 1 unspecified atom stereocenters. The van der Waals surface area contributed by atoms with Gasteiger partial charge in [0, 0.05) is 12.8 Å². The second-order valence-corrected chi connectivity index (χ2v) is 11.6. The molecule has 0 aliphatic rings. The van der Waals surface area contributed by atoms with E-state index in [4.69, 9.17) is 18.9 Å². The monoisotopic (exact) mass is 696 g/mol. The summed E-state index contributed by atoms with van der Waals surface area (Å²) in [5, 5.41) is 14.4. The molecule has 0 amide bonds. The van der Waals surface area contributed by atoms with Crippen LogP contribution in [0.25, 0.3) is 0 Å². The SMILES string of the molecule is O=C(CC(C(=O)OCCCOc1ccc(N=Nc2ccccc2)cc1)S(=O)(=O)[O-])OCCCOc1ccc(N=Nc2ccccc2)cc1.[Na+]. The Hall–Kier alpha value is -4.47. The zero-order valence-corrected chi connectivity index (χ0v) is 29.6. The van der Waals surface area contributed by atoms with E-state index in [1.165, 1.54) is 0 Å². The third-order valence-corrected chi connectivity index (χ3v) is 7.39. The van der Waals surface area contributed by atoms with Crippen LogP contribution >= 0.6 is 0 Å². The van der Waals surface area contributed by atoms with Gasteiger partial charge in [0.05, 0.1) is 55.6 Å². The van der Waals surface area contributed by atoms with Crippen molar-refractivity contribution in [3.63, 3.8) is 0 Å². The minimum Gasteiger partial charge on any atom is -0.747 e. The van der Waals surface area contributed by atoms with Gasteiger partial charge in [-0.3, -0.25) is 9.59 Å². The van der Waals surface area contributed by atoms with Crippen molar-refractivity contribution >= 4 is 44.8 Å². The Kier molecular flexibility index (Phi) is 16.5. The Morgan fingerprint density at radius 2 is 0.959 bits per heavy atom. The predicted molar refractivity (Wildman–Crippen MR) is 174 cm³/mol. The van der Waals surface area contributed by atoms with Crippen molar-refractivity contribution in [1.29, 1.82) is 0 Å². The van der Waals surface area contributed by atoms with Crippen LogP contribution in [0.1, 0.15) is 19.3 Å². The molecule has 0 spiro atoms. The molecular formula is C34H33N4NaO9S. The Morgan fingerprint density at radius 1 is 0.571 bits per heavy atom. The molecular weight excluding hydrogens is 663 g/mol. The summed E-state index contributed by atoms with van der Waals surface area (Å²) >= 11 is 0. The van der Waals surface area contributed by atoms with Crippen LogP contribution in [0.4, 0.5) is 22.7 Å². The summed E-state index contributed by atoms with van der Waals surface area (Å²) in [6, 6.07) is 32.3. The number of hydrogen-bond acceptors (Lipinski definition) is 13. The van der Waals surface area contributed by atoms with E-state index < -0.39 is 33.7 Å². The van der Waals surface area contributed by atoms with Gasteiger partial charge in [-0.1, -0.05) is 36.4 Å². The first kappa shape index (κ1) is 39.0. The number of rotatable bonds is 18. The van der Waals surface area contributed by atoms with Crippen molar-refractivity contribution in [1.82, 2.24) is 0 Å². The van der Waals surface area contributed by atoms with E-state index in [9.17, 15) is 22.6 Å². The zero-order chi connectivity index (χ0) is 34.0. The Morgan fingerprint density at radius 3 is 1.37 bits per heavy atom. The van der Waals surface area contributed by atoms with Gasteiger partial charge >= 0.3 is 41.5 Å². The molecule has 0 aliphatic heterocycles. The third kappa shape index (κ3) is 14.7. The van der Waals surface area contributed by atoms with Crippen molar-refractivity contribution in [2.45, 2.75) is 24.5 Å². The maximum absolute atomic E-state index is 12.3. The molecule has 0 saturated heterocycles. The number of ether oxygens (including phenoxy) is 4. The Balaban J connectivity index is 0.00000650. The molecule has 0 saturated carbocycles. The summed E-state index contributed by atoms with van der Waals surface area (Å²) < 4.78 is 56.1. The first-order valence-electron chi connectivity index (χ1n) is 14.9. The Labute approximate surface area is 306 Å². The maximum Gasteiger partial charge on any atom is 1.00 e. The van der Waals surface area contributed by atoms with Gasteiger partial charge in [0.15, 0.2) is 5.25 Å². The van der Waals surface area contributed by atoms with Crippen molar-refractivity contribution in [2.75, 3.05) is 26.4 Å². The number of azo groups is 2. The maximum atomic E-state index is 12.3. The normalized spacial score (nSPS) is 11.9. The smallest absolute Gasteiger partial charge is 0.747 e. The van der Waals surface area contributed by atoms with Gasteiger partial charge in [-0.05, 0) is 72.8 Å². The molecule has 4 aromatic rings.